The van der Waals surface area contributed by atoms with Crippen molar-refractivity contribution in [1.29, 1.82) is 0 Å². The summed E-state index contributed by atoms with van der Waals surface area (Å²) < 4.78 is 10.3. The van der Waals surface area contributed by atoms with Gasteiger partial charge in [0.2, 0.25) is 0 Å². The first-order chi connectivity index (χ1) is 8.61. The van der Waals surface area contributed by atoms with Crippen LogP contribution in [0, 0.1) is 13.8 Å². The Bertz CT molecular complexity index is 572. The summed E-state index contributed by atoms with van der Waals surface area (Å²) in [7, 11) is 0. The quantitative estimate of drug-likeness (QED) is 0.779. The number of rotatable bonds is 3. The smallest absolute Gasteiger partial charge is 0.394 e. The Balaban J connectivity index is 2.35. The van der Waals surface area contributed by atoms with Crippen LogP contribution in [0.25, 0.3) is 11.3 Å². The van der Waals surface area contributed by atoms with Crippen LogP contribution in [-0.4, -0.2) is 17.6 Å². The van der Waals surface area contributed by atoms with E-state index < -0.39 is 5.97 Å². The van der Waals surface area contributed by atoms with E-state index in [2.05, 4.69) is 4.98 Å². The zero-order chi connectivity index (χ0) is 13.1. The number of carbonyl (C=O) groups is 1. The Morgan fingerprint density at radius 2 is 2.17 bits per heavy atom. The molecule has 2 aromatic rings. The van der Waals surface area contributed by atoms with Crippen molar-refractivity contribution < 1.29 is 13.9 Å². The van der Waals surface area contributed by atoms with Crippen LogP contribution in [0.3, 0.4) is 0 Å². The molecule has 0 spiro atoms. The summed E-state index contributed by atoms with van der Waals surface area (Å²) in [4.78, 5) is 15.4. The molecule has 1 aromatic heterocycles. The molecule has 0 saturated carbocycles. The lowest BCUT2D eigenvalue weighted by Gasteiger charge is -2.03. The van der Waals surface area contributed by atoms with Gasteiger partial charge in [0, 0.05) is 5.56 Å². The molecule has 0 fully saturated rings. The molecule has 2 rings (SSSR count). The summed E-state index contributed by atoms with van der Waals surface area (Å²) in [6, 6.07) is 6.05. The Morgan fingerprint density at radius 3 is 2.89 bits per heavy atom. The highest BCUT2D eigenvalue weighted by Gasteiger charge is 2.16. The average Bonchev–Trinajstić information content (AvgIpc) is 2.82. The molecule has 4 heteroatoms. The van der Waals surface area contributed by atoms with Gasteiger partial charge in [0.05, 0.1) is 12.8 Å². The minimum absolute atomic E-state index is 0.00671. The molecule has 0 unspecified atom stereocenters. The van der Waals surface area contributed by atoms with Gasteiger partial charge >= 0.3 is 11.9 Å². The van der Waals surface area contributed by atoms with Crippen LogP contribution in [-0.2, 0) is 4.74 Å². The van der Waals surface area contributed by atoms with Gasteiger partial charge in [0.15, 0.2) is 5.76 Å². The number of benzene rings is 1. The maximum Gasteiger partial charge on any atom is 0.394 e. The van der Waals surface area contributed by atoms with Gasteiger partial charge in [-0.1, -0.05) is 17.7 Å². The summed E-state index contributed by atoms with van der Waals surface area (Å²) in [5.41, 5.74) is 3.15. The van der Waals surface area contributed by atoms with E-state index in [0.29, 0.717) is 12.4 Å². The third-order valence-electron chi connectivity index (χ3n) is 2.61. The molecule has 18 heavy (non-hydrogen) atoms. The van der Waals surface area contributed by atoms with E-state index in [1.807, 2.05) is 32.0 Å². The predicted molar refractivity (Wildman–Crippen MR) is 67.4 cm³/mol. The lowest BCUT2D eigenvalue weighted by atomic mass is 10.0. The highest BCUT2D eigenvalue weighted by Crippen LogP contribution is 2.25. The number of hydrogen-bond donors (Lipinski definition) is 0. The topological polar surface area (TPSA) is 52.3 Å². The molecule has 94 valence electrons. The number of aryl methyl sites for hydroxylation is 2. The number of aromatic nitrogens is 1. The first-order valence-electron chi connectivity index (χ1n) is 5.82. The second kappa shape index (κ2) is 5.04. The van der Waals surface area contributed by atoms with E-state index in [0.717, 1.165) is 16.7 Å². The van der Waals surface area contributed by atoms with Crippen LogP contribution in [0.1, 0.15) is 28.7 Å². The normalized spacial score (nSPS) is 10.4. The van der Waals surface area contributed by atoms with Gasteiger partial charge in [-0.05, 0) is 32.4 Å². The standard InChI is InChI=1S/C14H15NO3/c1-4-17-14(16)13-15-8-12(18-13)11-7-9(2)5-6-10(11)3/h5-8H,4H2,1-3H3. The molecule has 0 radical (unpaired) electrons. The van der Waals surface area contributed by atoms with Crippen LogP contribution >= 0.6 is 0 Å². The summed E-state index contributed by atoms with van der Waals surface area (Å²) >= 11 is 0. The fourth-order valence-electron chi connectivity index (χ4n) is 1.69. The zero-order valence-corrected chi connectivity index (χ0v) is 10.7. The maximum atomic E-state index is 11.5. The van der Waals surface area contributed by atoms with E-state index in [9.17, 15) is 4.79 Å². The molecule has 0 atom stereocenters. The molecule has 1 heterocycles. The van der Waals surface area contributed by atoms with Crippen molar-refractivity contribution in [1.82, 2.24) is 4.98 Å². The second-order valence-electron chi connectivity index (χ2n) is 4.07. The molecule has 0 bridgehead atoms. The third-order valence-corrected chi connectivity index (χ3v) is 2.61. The molecule has 0 aliphatic carbocycles. The second-order valence-corrected chi connectivity index (χ2v) is 4.07. The van der Waals surface area contributed by atoms with Gasteiger partial charge in [-0.3, -0.25) is 0 Å². The van der Waals surface area contributed by atoms with Crippen LogP contribution in [0.2, 0.25) is 0 Å². The van der Waals surface area contributed by atoms with Gasteiger partial charge in [-0.15, -0.1) is 0 Å². The monoisotopic (exact) mass is 245 g/mol. The fraction of sp³-hybridized carbons (Fsp3) is 0.286. The highest BCUT2D eigenvalue weighted by atomic mass is 16.5. The van der Waals surface area contributed by atoms with Gasteiger partial charge in [0.1, 0.15) is 0 Å². The largest absolute Gasteiger partial charge is 0.459 e. The van der Waals surface area contributed by atoms with E-state index in [1.54, 1.807) is 13.1 Å². The third kappa shape index (κ3) is 2.42. The Hall–Kier alpha value is -2.10. The summed E-state index contributed by atoms with van der Waals surface area (Å²) in [6.45, 7) is 6.04. The van der Waals surface area contributed by atoms with Crippen LogP contribution in [0.4, 0.5) is 0 Å². The zero-order valence-electron chi connectivity index (χ0n) is 10.7. The molecule has 0 amide bonds. The summed E-state index contributed by atoms with van der Waals surface area (Å²) in [6.07, 6.45) is 1.55. The Labute approximate surface area is 106 Å². The molecule has 4 nitrogen and oxygen atoms in total. The predicted octanol–water partition coefficient (Wildman–Crippen LogP) is 3.14. The average molecular weight is 245 g/mol. The molecule has 1 aromatic carbocycles. The van der Waals surface area contributed by atoms with Gasteiger partial charge in [-0.2, -0.15) is 0 Å². The van der Waals surface area contributed by atoms with Crippen molar-refractivity contribution in [2.75, 3.05) is 6.61 Å². The SMILES string of the molecule is CCOC(=O)c1ncc(-c2cc(C)ccc2C)o1. The number of carbonyl (C=O) groups excluding carboxylic acids is 1. The van der Waals surface area contributed by atoms with E-state index in [4.69, 9.17) is 9.15 Å². The molecule has 0 N–H and O–H groups in total. The molecule has 0 saturated heterocycles. The van der Waals surface area contributed by atoms with Crippen LogP contribution in [0.5, 0.6) is 0 Å². The van der Waals surface area contributed by atoms with Crippen molar-refractivity contribution in [2.45, 2.75) is 20.8 Å². The van der Waals surface area contributed by atoms with Crippen molar-refractivity contribution in [3.63, 3.8) is 0 Å². The fourth-order valence-corrected chi connectivity index (χ4v) is 1.69. The van der Waals surface area contributed by atoms with Crippen molar-refractivity contribution in [3.8, 4) is 11.3 Å². The van der Waals surface area contributed by atoms with Crippen LogP contribution in [0.15, 0.2) is 28.8 Å². The lowest BCUT2D eigenvalue weighted by molar-refractivity contribution is 0.0482. The molecule has 0 aliphatic heterocycles. The molecular weight excluding hydrogens is 230 g/mol. The van der Waals surface area contributed by atoms with Crippen molar-refractivity contribution >= 4 is 5.97 Å². The Kier molecular flexibility index (Phi) is 3.46. The number of hydrogen-bond acceptors (Lipinski definition) is 4. The van der Waals surface area contributed by atoms with Crippen molar-refractivity contribution in [2.24, 2.45) is 0 Å². The van der Waals surface area contributed by atoms with Crippen molar-refractivity contribution in [3.05, 3.63) is 41.4 Å². The van der Waals surface area contributed by atoms with E-state index in [-0.39, 0.29) is 5.89 Å². The first kappa shape index (κ1) is 12.4. The Morgan fingerprint density at radius 1 is 1.39 bits per heavy atom. The minimum Gasteiger partial charge on any atom is -0.459 e. The van der Waals surface area contributed by atoms with E-state index >= 15 is 0 Å². The lowest BCUT2D eigenvalue weighted by Crippen LogP contribution is -2.04. The number of ether oxygens (including phenoxy) is 1. The number of nitrogens with zero attached hydrogens (tertiary/aromatic N) is 1. The maximum absolute atomic E-state index is 11.5. The number of oxazole rings is 1. The minimum atomic E-state index is -0.533. The molecular formula is C14H15NO3. The van der Waals surface area contributed by atoms with Gasteiger partial charge in [0.25, 0.3) is 0 Å². The first-order valence-corrected chi connectivity index (χ1v) is 5.82. The summed E-state index contributed by atoms with van der Waals surface area (Å²) in [5, 5.41) is 0. The van der Waals surface area contributed by atoms with Gasteiger partial charge < -0.3 is 9.15 Å². The van der Waals surface area contributed by atoms with Crippen LogP contribution < -0.4 is 0 Å². The van der Waals surface area contributed by atoms with Gasteiger partial charge in [-0.25, -0.2) is 9.78 Å². The summed E-state index contributed by atoms with van der Waals surface area (Å²) in [5.74, 6) is 0.0427. The van der Waals surface area contributed by atoms with E-state index in [1.165, 1.54) is 0 Å². The highest BCUT2D eigenvalue weighted by molar-refractivity contribution is 5.84. The molecule has 0 aliphatic rings. The number of esters is 1.